The van der Waals surface area contributed by atoms with E-state index < -0.39 is 6.04 Å². The van der Waals surface area contributed by atoms with Crippen molar-refractivity contribution in [3.8, 4) is 11.5 Å². The van der Waals surface area contributed by atoms with E-state index in [1.165, 1.54) is 0 Å². The molecular weight excluding hydrogens is 486 g/mol. The van der Waals surface area contributed by atoms with Crippen LogP contribution in [0.3, 0.4) is 0 Å². The molecule has 3 aromatic rings. The summed E-state index contributed by atoms with van der Waals surface area (Å²) in [6, 6.07) is 12.1. The molecule has 2 heterocycles. The summed E-state index contributed by atoms with van der Waals surface area (Å²) in [5.41, 5.74) is 2.02. The first-order valence-electron chi connectivity index (χ1n) is 13.3. The Morgan fingerprint density at radius 1 is 1.08 bits per heavy atom. The number of para-hydroxylation sites is 2. The Morgan fingerprint density at radius 3 is 2.63 bits per heavy atom. The Balaban J connectivity index is 1.54. The fourth-order valence-corrected chi connectivity index (χ4v) is 5.54. The molecule has 2 aliphatic rings. The summed E-state index contributed by atoms with van der Waals surface area (Å²) in [6.07, 6.45) is 5.59. The zero-order valence-electron chi connectivity index (χ0n) is 22.0. The molecule has 10 nitrogen and oxygen atoms in total. The van der Waals surface area contributed by atoms with Crippen LogP contribution in [0, 0.1) is 0 Å². The van der Waals surface area contributed by atoms with E-state index in [4.69, 9.17) is 14.2 Å². The molecule has 202 valence electrons. The lowest BCUT2D eigenvalue weighted by molar-refractivity contribution is -0.143. The van der Waals surface area contributed by atoms with E-state index in [2.05, 4.69) is 15.6 Å². The Bertz CT molecular complexity index is 1270. The number of fused-ring (bicyclic) bond motifs is 1. The van der Waals surface area contributed by atoms with Gasteiger partial charge in [0.1, 0.15) is 18.1 Å². The summed E-state index contributed by atoms with van der Waals surface area (Å²) in [6.45, 7) is 0.850. The smallest absolute Gasteiger partial charge is 0.247 e. The molecule has 0 radical (unpaired) electrons. The van der Waals surface area contributed by atoms with Crippen molar-refractivity contribution in [2.24, 2.45) is 0 Å². The highest BCUT2D eigenvalue weighted by molar-refractivity contribution is 5.90. The summed E-state index contributed by atoms with van der Waals surface area (Å²) in [4.78, 5) is 29.7. The average molecular weight is 522 g/mol. The van der Waals surface area contributed by atoms with Gasteiger partial charge >= 0.3 is 0 Å². The van der Waals surface area contributed by atoms with E-state index in [-0.39, 0.29) is 37.0 Å². The van der Waals surface area contributed by atoms with Crippen LogP contribution in [0.25, 0.3) is 11.0 Å². The SMILES string of the molecule is COc1cccc([C@@H](C(=O)NC2CCCC2)N(C[C@H]2CCCO2)C(=O)Cn2nnc3ccccc32)c1OC. The van der Waals surface area contributed by atoms with Gasteiger partial charge < -0.3 is 24.4 Å². The van der Waals surface area contributed by atoms with Gasteiger partial charge in [-0.05, 0) is 43.9 Å². The van der Waals surface area contributed by atoms with Gasteiger partial charge in [-0.1, -0.05) is 42.3 Å². The highest BCUT2D eigenvalue weighted by Crippen LogP contribution is 2.38. The van der Waals surface area contributed by atoms with Gasteiger partial charge in [-0.15, -0.1) is 5.10 Å². The van der Waals surface area contributed by atoms with Crippen LogP contribution in [0.5, 0.6) is 11.5 Å². The lowest BCUT2D eigenvalue weighted by atomic mass is 10.0. The third-order valence-electron chi connectivity index (χ3n) is 7.44. The highest BCUT2D eigenvalue weighted by atomic mass is 16.5. The lowest BCUT2D eigenvalue weighted by Crippen LogP contribution is -2.49. The maximum atomic E-state index is 14.1. The molecule has 10 heteroatoms. The summed E-state index contributed by atoms with van der Waals surface area (Å²) >= 11 is 0. The zero-order chi connectivity index (χ0) is 26.5. The minimum Gasteiger partial charge on any atom is -0.493 e. The largest absolute Gasteiger partial charge is 0.493 e. The molecule has 0 spiro atoms. The van der Waals surface area contributed by atoms with Crippen LogP contribution in [0.2, 0.25) is 0 Å². The van der Waals surface area contributed by atoms with Gasteiger partial charge in [0.2, 0.25) is 11.8 Å². The number of carbonyl (C=O) groups is 2. The number of carbonyl (C=O) groups excluding carboxylic acids is 2. The van der Waals surface area contributed by atoms with Crippen LogP contribution in [0.1, 0.15) is 50.1 Å². The molecule has 38 heavy (non-hydrogen) atoms. The van der Waals surface area contributed by atoms with E-state index in [0.29, 0.717) is 29.2 Å². The van der Waals surface area contributed by atoms with Crippen molar-refractivity contribution in [1.29, 1.82) is 0 Å². The number of rotatable bonds is 10. The average Bonchev–Trinajstić information content (AvgIpc) is 3.71. The number of benzene rings is 2. The molecule has 1 aliphatic carbocycles. The van der Waals surface area contributed by atoms with Crippen molar-refractivity contribution in [2.45, 2.75) is 63.3 Å². The normalized spacial score (nSPS) is 18.4. The topological polar surface area (TPSA) is 108 Å². The van der Waals surface area contributed by atoms with Gasteiger partial charge in [0.25, 0.3) is 0 Å². The maximum absolute atomic E-state index is 14.1. The Labute approximate surface area is 222 Å². The van der Waals surface area contributed by atoms with Crippen molar-refractivity contribution >= 4 is 22.8 Å². The number of hydrogen-bond acceptors (Lipinski definition) is 7. The summed E-state index contributed by atoms with van der Waals surface area (Å²) in [7, 11) is 3.10. The van der Waals surface area contributed by atoms with E-state index in [9.17, 15) is 9.59 Å². The van der Waals surface area contributed by atoms with Crippen molar-refractivity contribution in [3.05, 3.63) is 48.0 Å². The Kier molecular flexibility index (Phi) is 8.07. The third kappa shape index (κ3) is 5.45. The van der Waals surface area contributed by atoms with Gasteiger partial charge in [0, 0.05) is 24.8 Å². The van der Waals surface area contributed by atoms with E-state index in [0.717, 1.165) is 44.0 Å². The van der Waals surface area contributed by atoms with E-state index in [1.807, 2.05) is 36.4 Å². The molecule has 1 N–H and O–H groups in total. The summed E-state index contributed by atoms with van der Waals surface area (Å²) in [5.74, 6) is 0.430. The predicted molar refractivity (Wildman–Crippen MR) is 141 cm³/mol. The molecule has 1 saturated carbocycles. The van der Waals surface area contributed by atoms with Gasteiger partial charge in [0.15, 0.2) is 11.5 Å². The van der Waals surface area contributed by atoms with Crippen molar-refractivity contribution in [3.63, 3.8) is 0 Å². The molecule has 1 aromatic heterocycles. The number of aromatic nitrogens is 3. The molecule has 0 unspecified atom stereocenters. The van der Waals surface area contributed by atoms with Gasteiger partial charge in [-0.25, -0.2) is 4.68 Å². The van der Waals surface area contributed by atoms with E-state index >= 15 is 0 Å². The van der Waals surface area contributed by atoms with Crippen molar-refractivity contribution in [1.82, 2.24) is 25.2 Å². The third-order valence-corrected chi connectivity index (χ3v) is 7.44. The molecular formula is C28H35N5O5. The fourth-order valence-electron chi connectivity index (χ4n) is 5.54. The van der Waals surface area contributed by atoms with Crippen molar-refractivity contribution < 1.29 is 23.8 Å². The molecule has 2 amide bonds. The summed E-state index contributed by atoms with van der Waals surface area (Å²) < 4.78 is 18.8. The first-order valence-corrected chi connectivity index (χ1v) is 13.3. The minimum absolute atomic E-state index is 0.0628. The van der Waals surface area contributed by atoms with Gasteiger partial charge in [-0.2, -0.15) is 0 Å². The quantitative estimate of drug-likeness (QED) is 0.436. The first kappa shape index (κ1) is 26.0. The molecule has 2 fully saturated rings. The maximum Gasteiger partial charge on any atom is 0.247 e. The number of nitrogens with zero attached hydrogens (tertiary/aromatic N) is 4. The molecule has 5 rings (SSSR count). The second-order valence-corrected chi connectivity index (χ2v) is 9.89. The van der Waals surface area contributed by atoms with Gasteiger partial charge in [-0.3, -0.25) is 9.59 Å². The number of nitrogens with one attached hydrogen (secondary N) is 1. The molecule has 0 bridgehead atoms. The number of amides is 2. The van der Waals surface area contributed by atoms with Crippen LogP contribution < -0.4 is 14.8 Å². The zero-order valence-corrected chi connectivity index (χ0v) is 22.0. The second kappa shape index (κ2) is 11.8. The predicted octanol–water partition coefficient (Wildman–Crippen LogP) is 3.26. The minimum atomic E-state index is -0.938. The standard InChI is InChI=1S/C28H35N5O5/c1-36-24-15-7-12-21(27(24)37-2)26(28(35)29-19-9-3-4-10-19)32(17-20-11-8-16-38-20)25(34)18-33-23-14-6-5-13-22(23)30-31-33/h5-7,12-15,19-20,26H,3-4,8-11,16-18H2,1-2H3,(H,29,35)/t20-,26+/m1/s1. The monoisotopic (exact) mass is 521 g/mol. The lowest BCUT2D eigenvalue weighted by Gasteiger charge is -2.34. The second-order valence-electron chi connectivity index (χ2n) is 9.89. The van der Waals surface area contributed by atoms with Crippen LogP contribution in [-0.4, -0.2) is 71.2 Å². The molecule has 1 saturated heterocycles. The number of methoxy groups -OCH3 is 2. The van der Waals surface area contributed by atoms with Gasteiger partial charge in [0.05, 0.1) is 25.8 Å². The van der Waals surface area contributed by atoms with E-state index in [1.54, 1.807) is 29.9 Å². The van der Waals surface area contributed by atoms with Crippen LogP contribution in [0.15, 0.2) is 42.5 Å². The van der Waals surface area contributed by atoms with Crippen LogP contribution >= 0.6 is 0 Å². The first-order chi connectivity index (χ1) is 18.6. The molecule has 2 atom stereocenters. The van der Waals surface area contributed by atoms with Crippen molar-refractivity contribution in [2.75, 3.05) is 27.4 Å². The number of ether oxygens (including phenoxy) is 3. The summed E-state index contributed by atoms with van der Waals surface area (Å²) in [5, 5.41) is 11.6. The number of hydrogen-bond donors (Lipinski definition) is 1. The Hall–Kier alpha value is -3.66. The fraction of sp³-hybridized carbons (Fsp3) is 0.500. The molecule has 1 aliphatic heterocycles. The van der Waals surface area contributed by atoms with Crippen LogP contribution in [-0.2, 0) is 20.9 Å². The Morgan fingerprint density at radius 2 is 1.89 bits per heavy atom. The highest BCUT2D eigenvalue weighted by Gasteiger charge is 2.38. The molecule has 2 aromatic carbocycles. The van der Waals surface area contributed by atoms with Crippen LogP contribution in [0.4, 0.5) is 0 Å².